The summed E-state index contributed by atoms with van der Waals surface area (Å²) in [5, 5.41) is 4.47. The smallest absolute Gasteiger partial charge is 0.494 e. The molecule has 0 saturated heterocycles. The fourth-order valence-electron chi connectivity index (χ4n) is 3.19. The number of rotatable bonds is 6. The number of aromatic nitrogens is 2. The SMILES string of the molecule is COc1cccc2c(NC3CCC(/C=C/O[P+](=O)O)CC3)ncnc12. The largest absolute Gasteiger partial charge is 0.746 e. The Balaban J connectivity index is 1.64. The zero-order valence-corrected chi connectivity index (χ0v) is 14.9. The molecule has 7 nitrogen and oxygen atoms in total. The van der Waals surface area contributed by atoms with Gasteiger partial charge in [0.2, 0.25) is 0 Å². The second kappa shape index (κ2) is 8.23. The van der Waals surface area contributed by atoms with Crippen LogP contribution < -0.4 is 10.1 Å². The van der Waals surface area contributed by atoms with Gasteiger partial charge in [0.15, 0.2) is 6.26 Å². The summed E-state index contributed by atoms with van der Waals surface area (Å²) in [5.74, 6) is 1.93. The zero-order chi connectivity index (χ0) is 17.6. The number of allylic oxidation sites excluding steroid dienone is 1. The summed E-state index contributed by atoms with van der Waals surface area (Å²) >= 11 is 0. The lowest BCUT2D eigenvalue weighted by atomic mass is 9.86. The highest BCUT2D eigenvalue weighted by Gasteiger charge is 2.21. The number of hydrogen-bond donors (Lipinski definition) is 2. The Morgan fingerprint density at radius 1 is 1.28 bits per heavy atom. The van der Waals surface area contributed by atoms with Crippen molar-refractivity contribution in [2.24, 2.45) is 5.92 Å². The van der Waals surface area contributed by atoms with E-state index in [1.54, 1.807) is 13.4 Å². The summed E-state index contributed by atoms with van der Waals surface area (Å²) in [6.07, 6.45) is 8.73. The van der Waals surface area contributed by atoms with Crippen molar-refractivity contribution in [3.05, 3.63) is 36.9 Å². The van der Waals surface area contributed by atoms with Crippen LogP contribution in [0, 0.1) is 5.92 Å². The molecule has 1 aromatic carbocycles. The minimum absolute atomic E-state index is 0.337. The minimum Gasteiger partial charge on any atom is -0.494 e. The molecule has 1 aliphatic rings. The van der Waals surface area contributed by atoms with Gasteiger partial charge in [-0.2, -0.15) is 0 Å². The van der Waals surface area contributed by atoms with Crippen molar-refractivity contribution in [2.75, 3.05) is 12.4 Å². The van der Waals surface area contributed by atoms with Crippen molar-refractivity contribution < 1.29 is 18.7 Å². The van der Waals surface area contributed by atoms with Crippen LogP contribution in [0.2, 0.25) is 0 Å². The predicted molar refractivity (Wildman–Crippen MR) is 95.5 cm³/mol. The molecule has 1 aliphatic carbocycles. The molecule has 1 heterocycles. The molecule has 0 amide bonds. The van der Waals surface area contributed by atoms with Gasteiger partial charge in [-0.3, -0.25) is 0 Å². The summed E-state index contributed by atoms with van der Waals surface area (Å²) in [5.41, 5.74) is 0.800. The Morgan fingerprint density at radius 3 is 2.80 bits per heavy atom. The lowest BCUT2D eigenvalue weighted by Gasteiger charge is -2.28. The fourth-order valence-corrected chi connectivity index (χ4v) is 3.36. The van der Waals surface area contributed by atoms with Crippen LogP contribution >= 0.6 is 8.25 Å². The van der Waals surface area contributed by atoms with Crippen LogP contribution in [-0.2, 0) is 9.09 Å². The summed E-state index contributed by atoms with van der Waals surface area (Å²) in [4.78, 5) is 17.3. The van der Waals surface area contributed by atoms with Gasteiger partial charge in [0.25, 0.3) is 0 Å². The van der Waals surface area contributed by atoms with Gasteiger partial charge in [0.05, 0.1) is 7.11 Å². The first kappa shape index (κ1) is 17.6. The molecule has 3 rings (SSSR count). The zero-order valence-electron chi connectivity index (χ0n) is 14.0. The normalized spacial score (nSPS) is 21.3. The van der Waals surface area contributed by atoms with Gasteiger partial charge in [0, 0.05) is 16.0 Å². The van der Waals surface area contributed by atoms with Crippen molar-refractivity contribution >= 4 is 25.0 Å². The van der Waals surface area contributed by atoms with Crippen LogP contribution in [0.5, 0.6) is 5.75 Å². The van der Waals surface area contributed by atoms with Crippen molar-refractivity contribution in [3.8, 4) is 5.75 Å². The van der Waals surface area contributed by atoms with Crippen LogP contribution in [0.25, 0.3) is 10.9 Å². The highest BCUT2D eigenvalue weighted by molar-refractivity contribution is 7.32. The second-order valence-electron chi connectivity index (χ2n) is 6.01. The lowest BCUT2D eigenvalue weighted by Crippen LogP contribution is -2.26. The Morgan fingerprint density at radius 2 is 2.08 bits per heavy atom. The molecular weight excluding hydrogens is 341 g/mol. The average Bonchev–Trinajstić information content (AvgIpc) is 2.62. The van der Waals surface area contributed by atoms with E-state index >= 15 is 0 Å². The number of para-hydroxylation sites is 1. The van der Waals surface area contributed by atoms with Gasteiger partial charge in [0.1, 0.15) is 23.4 Å². The van der Waals surface area contributed by atoms with E-state index in [1.165, 1.54) is 6.26 Å². The first-order valence-electron chi connectivity index (χ1n) is 8.21. The fraction of sp³-hybridized carbons (Fsp3) is 0.412. The van der Waals surface area contributed by atoms with Crippen LogP contribution in [0.15, 0.2) is 36.9 Å². The topological polar surface area (TPSA) is 93.6 Å². The quantitative estimate of drug-likeness (QED) is 0.596. The Labute approximate surface area is 147 Å². The van der Waals surface area contributed by atoms with Gasteiger partial charge in [-0.05, 0) is 49.8 Å². The van der Waals surface area contributed by atoms with Gasteiger partial charge >= 0.3 is 8.25 Å². The Hall–Kier alpha value is -2.24. The molecule has 2 aromatic rings. The first-order chi connectivity index (χ1) is 12.2. The summed E-state index contributed by atoms with van der Waals surface area (Å²) in [7, 11) is -0.930. The van der Waals surface area contributed by atoms with Gasteiger partial charge in [-0.25, -0.2) is 14.5 Å². The predicted octanol–water partition coefficient (Wildman–Crippen LogP) is 3.79. The standard InChI is InChI=1S/C17H20N3O4P/c1-23-15-4-2-3-14-16(15)18-11-19-17(14)20-13-7-5-12(6-8-13)9-10-24-25(21)22/h2-4,9-13H,5-8H2,1H3,(H-,18,19,20,21,22)/p+1/b10-9+. The molecule has 0 radical (unpaired) electrons. The van der Waals surface area contributed by atoms with E-state index in [0.29, 0.717) is 12.0 Å². The van der Waals surface area contributed by atoms with Crippen molar-refractivity contribution in [3.63, 3.8) is 0 Å². The molecule has 1 unspecified atom stereocenters. The lowest BCUT2D eigenvalue weighted by molar-refractivity contribution is 0.361. The van der Waals surface area contributed by atoms with E-state index in [-0.39, 0.29) is 0 Å². The molecular formula is C17H21N3O4P+. The molecule has 0 spiro atoms. The molecule has 2 N–H and O–H groups in total. The third kappa shape index (κ3) is 4.44. The Bertz CT molecular complexity index is 776. The van der Waals surface area contributed by atoms with E-state index < -0.39 is 8.25 Å². The number of nitrogens with zero attached hydrogens (tertiary/aromatic N) is 2. The highest BCUT2D eigenvalue weighted by Crippen LogP contribution is 2.31. The number of hydrogen-bond acceptors (Lipinski definition) is 6. The summed E-state index contributed by atoms with van der Waals surface area (Å²) in [6, 6.07) is 6.15. The van der Waals surface area contributed by atoms with Crippen LogP contribution in [0.4, 0.5) is 5.82 Å². The molecule has 1 atom stereocenters. The molecule has 0 aliphatic heterocycles. The number of fused-ring (bicyclic) bond motifs is 1. The summed E-state index contributed by atoms with van der Waals surface area (Å²) in [6.45, 7) is 0. The number of anilines is 1. The van der Waals surface area contributed by atoms with E-state index in [0.717, 1.165) is 48.2 Å². The third-order valence-electron chi connectivity index (χ3n) is 4.46. The highest BCUT2D eigenvalue weighted by atomic mass is 31.1. The van der Waals surface area contributed by atoms with Crippen molar-refractivity contribution in [1.82, 2.24) is 9.97 Å². The molecule has 25 heavy (non-hydrogen) atoms. The molecule has 1 aromatic heterocycles. The molecule has 1 fully saturated rings. The monoisotopic (exact) mass is 362 g/mol. The number of ether oxygens (including phenoxy) is 1. The van der Waals surface area contributed by atoms with E-state index in [9.17, 15) is 4.57 Å². The molecule has 132 valence electrons. The third-order valence-corrected chi connectivity index (χ3v) is 4.76. The maximum absolute atomic E-state index is 10.5. The Kier molecular flexibility index (Phi) is 5.79. The first-order valence-corrected chi connectivity index (χ1v) is 9.34. The van der Waals surface area contributed by atoms with E-state index in [4.69, 9.17) is 9.63 Å². The van der Waals surface area contributed by atoms with Crippen LogP contribution in [0.1, 0.15) is 25.7 Å². The van der Waals surface area contributed by atoms with Crippen LogP contribution in [0.3, 0.4) is 0 Å². The van der Waals surface area contributed by atoms with Crippen molar-refractivity contribution in [1.29, 1.82) is 0 Å². The number of nitrogens with one attached hydrogen (secondary N) is 1. The van der Waals surface area contributed by atoms with Gasteiger partial charge in [-0.1, -0.05) is 6.07 Å². The molecule has 8 heteroatoms. The maximum Gasteiger partial charge on any atom is 0.746 e. The molecule has 0 bridgehead atoms. The maximum atomic E-state index is 10.5. The van der Waals surface area contributed by atoms with Gasteiger partial charge in [-0.15, -0.1) is 4.89 Å². The number of benzene rings is 1. The van der Waals surface area contributed by atoms with E-state index in [1.807, 2.05) is 24.3 Å². The average molecular weight is 362 g/mol. The summed E-state index contributed by atoms with van der Waals surface area (Å²) < 4.78 is 20.4. The van der Waals surface area contributed by atoms with Crippen LogP contribution in [-0.4, -0.2) is 28.0 Å². The minimum atomic E-state index is -2.56. The second-order valence-corrected chi connectivity index (χ2v) is 6.69. The molecule has 1 saturated carbocycles. The number of methoxy groups -OCH3 is 1. The van der Waals surface area contributed by atoms with Gasteiger partial charge < -0.3 is 10.1 Å². The van der Waals surface area contributed by atoms with E-state index in [2.05, 4.69) is 19.8 Å². The van der Waals surface area contributed by atoms with Crippen molar-refractivity contribution in [2.45, 2.75) is 31.7 Å².